The lowest BCUT2D eigenvalue weighted by Crippen LogP contribution is -2.54. The second-order valence-corrected chi connectivity index (χ2v) is 7.95. The van der Waals surface area contributed by atoms with E-state index < -0.39 is 6.16 Å². The first-order valence-corrected chi connectivity index (χ1v) is 9.74. The molecule has 5 atom stereocenters. The van der Waals surface area contributed by atoms with Gasteiger partial charge in [0.2, 0.25) is 0 Å². The number of hydrogen-bond acceptors (Lipinski definition) is 7. The summed E-state index contributed by atoms with van der Waals surface area (Å²) in [7, 11) is 1.63. The van der Waals surface area contributed by atoms with Gasteiger partial charge in [-0.2, -0.15) is 23.5 Å². The number of ether oxygens (including phenoxy) is 4. The molecule has 3 rings (SSSR count). The molecule has 3 heterocycles. The molecule has 0 bridgehead atoms. The zero-order valence-electron chi connectivity index (χ0n) is 12.2. The molecule has 0 saturated carbocycles. The summed E-state index contributed by atoms with van der Waals surface area (Å²) in [6.07, 6.45) is 1.46. The minimum Gasteiger partial charge on any atom is -0.430 e. The highest BCUT2D eigenvalue weighted by atomic mass is 32.2. The quantitative estimate of drug-likeness (QED) is 0.578. The summed E-state index contributed by atoms with van der Waals surface area (Å²) in [6, 6.07) is 0. The average Bonchev–Trinajstić information content (AvgIpc) is 2.52. The fourth-order valence-electron chi connectivity index (χ4n) is 3.36. The van der Waals surface area contributed by atoms with Gasteiger partial charge in [-0.15, -0.1) is 0 Å². The maximum Gasteiger partial charge on any atom is 0.508 e. The largest absolute Gasteiger partial charge is 0.508 e. The highest BCUT2D eigenvalue weighted by Gasteiger charge is 2.48. The van der Waals surface area contributed by atoms with Crippen molar-refractivity contribution in [1.82, 2.24) is 0 Å². The van der Waals surface area contributed by atoms with Crippen LogP contribution in [0.25, 0.3) is 0 Å². The van der Waals surface area contributed by atoms with Crippen LogP contribution in [0.1, 0.15) is 12.8 Å². The molecule has 0 aromatic heterocycles. The molecule has 0 aliphatic carbocycles. The molecule has 0 radical (unpaired) electrons. The van der Waals surface area contributed by atoms with E-state index in [4.69, 9.17) is 18.9 Å². The topological polar surface area (TPSA) is 54.0 Å². The molecule has 3 aliphatic heterocycles. The predicted octanol–water partition coefficient (Wildman–Crippen LogP) is 2.39. The van der Waals surface area contributed by atoms with Gasteiger partial charge in [0.25, 0.3) is 0 Å². The standard InChI is InChI=1S/C14H22O5S2/c1-16-8-17-11-2-4-20-6-9(11)13-10-7-21-5-3-12(10)18-14(15)19-13/h9-13H,2-8H2,1H3/t9-,10-,11+,12-,13+/m0/s1. The van der Waals surface area contributed by atoms with Crippen molar-refractivity contribution < 1.29 is 23.7 Å². The zero-order chi connectivity index (χ0) is 14.7. The Hall–Kier alpha value is -0.110. The molecule has 0 aromatic rings. The van der Waals surface area contributed by atoms with Crippen LogP contribution in [0, 0.1) is 11.8 Å². The lowest BCUT2D eigenvalue weighted by Gasteiger charge is -2.45. The Morgan fingerprint density at radius 3 is 2.71 bits per heavy atom. The van der Waals surface area contributed by atoms with Gasteiger partial charge in [-0.1, -0.05) is 0 Å². The van der Waals surface area contributed by atoms with Gasteiger partial charge >= 0.3 is 6.16 Å². The zero-order valence-corrected chi connectivity index (χ0v) is 13.8. The van der Waals surface area contributed by atoms with Gasteiger partial charge in [-0.05, 0) is 24.3 Å². The smallest absolute Gasteiger partial charge is 0.430 e. The lowest BCUT2D eigenvalue weighted by atomic mass is 9.83. The average molecular weight is 334 g/mol. The second kappa shape index (κ2) is 7.44. The van der Waals surface area contributed by atoms with Gasteiger partial charge in [0.1, 0.15) is 19.0 Å². The minimum atomic E-state index is -0.505. The summed E-state index contributed by atoms with van der Waals surface area (Å²) in [4.78, 5) is 11.8. The number of fused-ring (bicyclic) bond motifs is 1. The van der Waals surface area contributed by atoms with Crippen molar-refractivity contribution in [2.75, 3.05) is 36.9 Å². The molecule has 7 heteroatoms. The van der Waals surface area contributed by atoms with Gasteiger partial charge in [0, 0.05) is 30.5 Å². The Balaban J connectivity index is 1.72. The third-order valence-corrected chi connectivity index (χ3v) is 6.68. The number of thioether (sulfide) groups is 2. The summed E-state index contributed by atoms with van der Waals surface area (Å²) >= 11 is 3.84. The Labute approximate surface area is 133 Å². The van der Waals surface area contributed by atoms with E-state index in [1.165, 1.54) is 0 Å². The van der Waals surface area contributed by atoms with E-state index in [0.717, 1.165) is 35.9 Å². The monoisotopic (exact) mass is 334 g/mol. The van der Waals surface area contributed by atoms with E-state index in [1.807, 2.05) is 23.5 Å². The molecule has 0 spiro atoms. The molecule has 0 N–H and O–H groups in total. The van der Waals surface area contributed by atoms with Crippen molar-refractivity contribution in [3.8, 4) is 0 Å². The Bertz CT molecular complexity index is 367. The van der Waals surface area contributed by atoms with Crippen molar-refractivity contribution in [3.05, 3.63) is 0 Å². The Morgan fingerprint density at radius 1 is 1.14 bits per heavy atom. The van der Waals surface area contributed by atoms with Crippen molar-refractivity contribution in [1.29, 1.82) is 0 Å². The number of methoxy groups -OCH3 is 1. The fourth-order valence-corrected chi connectivity index (χ4v) is 5.84. The van der Waals surface area contributed by atoms with Gasteiger partial charge in [-0.25, -0.2) is 4.79 Å². The Kier molecular flexibility index (Phi) is 5.59. The normalized spacial score (nSPS) is 40.0. The molecule has 5 nitrogen and oxygen atoms in total. The van der Waals surface area contributed by atoms with E-state index in [0.29, 0.717) is 12.7 Å². The van der Waals surface area contributed by atoms with E-state index in [-0.39, 0.29) is 24.2 Å². The summed E-state index contributed by atoms with van der Waals surface area (Å²) in [5.41, 5.74) is 0. The summed E-state index contributed by atoms with van der Waals surface area (Å²) < 4.78 is 21.9. The van der Waals surface area contributed by atoms with Crippen LogP contribution in [-0.4, -0.2) is 61.4 Å². The third kappa shape index (κ3) is 3.63. The highest BCUT2D eigenvalue weighted by molar-refractivity contribution is 7.99. The van der Waals surface area contributed by atoms with Gasteiger partial charge in [0.15, 0.2) is 0 Å². The predicted molar refractivity (Wildman–Crippen MR) is 82.8 cm³/mol. The third-order valence-electron chi connectivity index (χ3n) is 4.39. The van der Waals surface area contributed by atoms with Crippen LogP contribution in [0.3, 0.4) is 0 Å². The Morgan fingerprint density at radius 2 is 1.90 bits per heavy atom. The van der Waals surface area contributed by atoms with Crippen LogP contribution >= 0.6 is 23.5 Å². The highest BCUT2D eigenvalue weighted by Crippen LogP contribution is 2.40. The van der Waals surface area contributed by atoms with E-state index >= 15 is 0 Å². The molecule has 3 aliphatic rings. The van der Waals surface area contributed by atoms with Crippen molar-refractivity contribution in [2.45, 2.75) is 31.2 Å². The van der Waals surface area contributed by atoms with Gasteiger partial charge in [-0.3, -0.25) is 0 Å². The van der Waals surface area contributed by atoms with E-state index in [2.05, 4.69) is 0 Å². The molecule has 3 fully saturated rings. The van der Waals surface area contributed by atoms with Crippen LogP contribution in [0.15, 0.2) is 0 Å². The molecular formula is C14H22O5S2. The van der Waals surface area contributed by atoms with Crippen LogP contribution in [-0.2, 0) is 18.9 Å². The maximum absolute atomic E-state index is 11.8. The molecule has 21 heavy (non-hydrogen) atoms. The van der Waals surface area contributed by atoms with E-state index in [1.54, 1.807) is 7.11 Å². The molecular weight excluding hydrogens is 312 g/mol. The van der Waals surface area contributed by atoms with Crippen molar-refractivity contribution >= 4 is 29.7 Å². The summed E-state index contributed by atoms with van der Waals surface area (Å²) in [5.74, 6) is 4.65. The molecule has 0 aromatic carbocycles. The van der Waals surface area contributed by atoms with Crippen molar-refractivity contribution in [3.63, 3.8) is 0 Å². The maximum atomic E-state index is 11.8. The van der Waals surface area contributed by atoms with E-state index in [9.17, 15) is 4.79 Å². The number of hydrogen-bond donors (Lipinski definition) is 0. The van der Waals surface area contributed by atoms with Gasteiger partial charge in [0.05, 0.1) is 6.10 Å². The second-order valence-electron chi connectivity index (χ2n) is 5.66. The minimum absolute atomic E-state index is 0.0208. The van der Waals surface area contributed by atoms with Crippen LogP contribution in [0.4, 0.5) is 4.79 Å². The summed E-state index contributed by atoms with van der Waals surface area (Å²) in [5, 5.41) is 0. The van der Waals surface area contributed by atoms with Crippen LogP contribution < -0.4 is 0 Å². The number of rotatable bonds is 4. The number of carbonyl (C=O) groups excluding carboxylic acids is 1. The molecule has 0 unspecified atom stereocenters. The summed E-state index contributed by atoms with van der Waals surface area (Å²) in [6.45, 7) is 0.297. The first-order chi connectivity index (χ1) is 10.3. The molecule has 120 valence electrons. The number of carbonyl (C=O) groups is 1. The first kappa shape index (κ1) is 15.8. The lowest BCUT2D eigenvalue weighted by molar-refractivity contribution is -0.151. The van der Waals surface area contributed by atoms with Crippen molar-refractivity contribution in [2.24, 2.45) is 11.8 Å². The molecule has 0 amide bonds. The SMILES string of the molecule is COCO[C@@H]1CCSC[C@@H]1[C@H]1OC(=O)O[C@H]2CCSC[C@H]12. The first-order valence-electron chi connectivity index (χ1n) is 7.43. The van der Waals surface area contributed by atoms with Gasteiger partial charge < -0.3 is 18.9 Å². The molecule has 3 saturated heterocycles. The fraction of sp³-hybridized carbons (Fsp3) is 0.929. The van der Waals surface area contributed by atoms with Crippen LogP contribution in [0.2, 0.25) is 0 Å². The number of cyclic esters (lactones) is 1. The van der Waals surface area contributed by atoms with Crippen LogP contribution in [0.5, 0.6) is 0 Å².